The number of nitrogens with zero attached hydrogens (tertiary/aromatic N) is 2. The molecule has 1 aromatic carbocycles. The first kappa shape index (κ1) is 17.0. The van der Waals surface area contributed by atoms with E-state index < -0.39 is 0 Å². The van der Waals surface area contributed by atoms with E-state index in [1.807, 2.05) is 0 Å². The molecule has 0 radical (unpaired) electrons. The van der Waals surface area contributed by atoms with E-state index in [1.165, 1.54) is 24.0 Å². The Hall–Kier alpha value is -1.37. The summed E-state index contributed by atoms with van der Waals surface area (Å²) in [6.45, 7) is 10.3. The van der Waals surface area contributed by atoms with Gasteiger partial charge in [-0.05, 0) is 43.7 Å². The topological polar surface area (TPSA) is 39.1 Å². The lowest BCUT2D eigenvalue weighted by Crippen LogP contribution is -2.48. The Bertz CT molecular complexity index is 504. The van der Waals surface area contributed by atoms with Gasteiger partial charge in [0.15, 0.2) is 0 Å². The van der Waals surface area contributed by atoms with Gasteiger partial charge >= 0.3 is 0 Å². The van der Waals surface area contributed by atoms with Gasteiger partial charge in [-0.2, -0.15) is 5.26 Å². The standard InChI is InChI=1S/C19H29N3/c1-15(2)7-9-21-19-12-18(13-22(14-19)10-8-20)17-6-4-5-16(3)11-17/h4-6,11,15,18-19,21H,7,9-10,12-14H2,1-3H3. The molecular weight excluding hydrogens is 270 g/mol. The predicted octanol–water partition coefficient (Wildman–Crippen LogP) is 3.31. The molecule has 2 rings (SSSR count). The normalized spacial score (nSPS) is 22.7. The zero-order valence-electron chi connectivity index (χ0n) is 14.2. The van der Waals surface area contributed by atoms with Crippen molar-refractivity contribution in [1.82, 2.24) is 10.2 Å². The molecule has 1 fully saturated rings. The molecule has 0 amide bonds. The van der Waals surface area contributed by atoms with Crippen LogP contribution in [0.4, 0.5) is 0 Å². The second-order valence-corrected chi connectivity index (χ2v) is 7.03. The third kappa shape index (κ3) is 5.12. The molecule has 1 aliphatic rings. The summed E-state index contributed by atoms with van der Waals surface area (Å²) in [5, 5.41) is 12.7. The first-order valence-electron chi connectivity index (χ1n) is 8.47. The first-order valence-corrected chi connectivity index (χ1v) is 8.47. The van der Waals surface area contributed by atoms with Gasteiger partial charge in [-0.25, -0.2) is 0 Å². The lowest BCUT2D eigenvalue weighted by Gasteiger charge is -2.37. The van der Waals surface area contributed by atoms with Crippen molar-refractivity contribution in [1.29, 1.82) is 5.26 Å². The van der Waals surface area contributed by atoms with Crippen molar-refractivity contribution in [3.63, 3.8) is 0 Å². The fourth-order valence-corrected chi connectivity index (χ4v) is 3.31. The van der Waals surface area contributed by atoms with Crippen LogP contribution in [0, 0.1) is 24.2 Å². The maximum absolute atomic E-state index is 9.04. The van der Waals surface area contributed by atoms with E-state index in [0.29, 0.717) is 18.5 Å². The summed E-state index contributed by atoms with van der Waals surface area (Å²) in [6, 6.07) is 11.6. The molecule has 1 aliphatic heterocycles. The summed E-state index contributed by atoms with van der Waals surface area (Å²) in [7, 11) is 0. The zero-order chi connectivity index (χ0) is 15.9. The first-order chi connectivity index (χ1) is 10.6. The van der Waals surface area contributed by atoms with Gasteiger partial charge < -0.3 is 5.32 Å². The van der Waals surface area contributed by atoms with Gasteiger partial charge in [-0.1, -0.05) is 43.7 Å². The molecule has 0 aliphatic carbocycles. The Morgan fingerprint density at radius 2 is 2.18 bits per heavy atom. The molecule has 0 bridgehead atoms. The van der Waals surface area contributed by atoms with E-state index in [-0.39, 0.29) is 0 Å². The number of benzene rings is 1. The predicted molar refractivity (Wildman–Crippen MR) is 91.8 cm³/mol. The highest BCUT2D eigenvalue weighted by molar-refractivity contribution is 5.26. The van der Waals surface area contributed by atoms with Crippen molar-refractivity contribution < 1.29 is 0 Å². The number of nitriles is 1. The van der Waals surface area contributed by atoms with Crippen molar-refractivity contribution in [3.8, 4) is 6.07 Å². The smallest absolute Gasteiger partial charge is 0.0866 e. The molecule has 0 spiro atoms. The summed E-state index contributed by atoms with van der Waals surface area (Å²) in [5.41, 5.74) is 2.73. The van der Waals surface area contributed by atoms with E-state index in [4.69, 9.17) is 5.26 Å². The van der Waals surface area contributed by atoms with Crippen LogP contribution in [0.1, 0.15) is 43.7 Å². The molecule has 3 heteroatoms. The number of aryl methyl sites for hydroxylation is 1. The van der Waals surface area contributed by atoms with Crippen molar-refractivity contribution in [2.75, 3.05) is 26.2 Å². The van der Waals surface area contributed by atoms with E-state index in [0.717, 1.165) is 25.6 Å². The maximum Gasteiger partial charge on any atom is 0.0866 e. The number of hydrogen-bond donors (Lipinski definition) is 1. The van der Waals surface area contributed by atoms with Gasteiger partial charge in [0.1, 0.15) is 0 Å². The molecule has 120 valence electrons. The van der Waals surface area contributed by atoms with Crippen molar-refractivity contribution in [2.45, 2.75) is 45.6 Å². The lowest BCUT2D eigenvalue weighted by atomic mass is 9.87. The van der Waals surface area contributed by atoms with Crippen LogP contribution in [0.3, 0.4) is 0 Å². The Labute approximate surface area is 135 Å². The number of hydrogen-bond acceptors (Lipinski definition) is 3. The average molecular weight is 299 g/mol. The molecule has 0 aromatic heterocycles. The largest absolute Gasteiger partial charge is 0.313 e. The highest BCUT2D eigenvalue weighted by atomic mass is 15.2. The highest BCUT2D eigenvalue weighted by Crippen LogP contribution is 2.27. The molecule has 22 heavy (non-hydrogen) atoms. The third-order valence-electron chi connectivity index (χ3n) is 4.49. The van der Waals surface area contributed by atoms with E-state index in [9.17, 15) is 0 Å². The molecule has 2 unspecified atom stereocenters. The Morgan fingerprint density at radius 3 is 2.86 bits per heavy atom. The van der Waals surface area contributed by atoms with Crippen LogP contribution in [0.25, 0.3) is 0 Å². The fraction of sp³-hybridized carbons (Fsp3) is 0.632. The fourth-order valence-electron chi connectivity index (χ4n) is 3.31. The lowest BCUT2D eigenvalue weighted by molar-refractivity contribution is 0.187. The van der Waals surface area contributed by atoms with Crippen molar-refractivity contribution >= 4 is 0 Å². The van der Waals surface area contributed by atoms with E-state index in [2.05, 4.69) is 61.3 Å². The Balaban J connectivity index is 2.01. The Kier molecular flexibility index (Phi) is 6.42. The summed E-state index contributed by atoms with van der Waals surface area (Å²) in [5.74, 6) is 1.26. The molecule has 1 heterocycles. The van der Waals surface area contributed by atoms with Crippen LogP contribution in [-0.2, 0) is 0 Å². The van der Waals surface area contributed by atoms with E-state index in [1.54, 1.807) is 0 Å². The van der Waals surface area contributed by atoms with Crippen molar-refractivity contribution in [3.05, 3.63) is 35.4 Å². The van der Waals surface area contributed by atoms with Crippen molar-refractivity contribution in [2.24, 2.45) is 5.92 Å². The number of nitrogens with one attached hydrogen (secondary N) is 1. The summed E-state index contributed by atoms with van der Waals surface area (Å²) < 4.78 is 0. The van der Waals surface area contributed by atoms with Gasteiger partial charge in [0.25, 0.3) is 0 Å². The summed E-state index contributed by atoms with van der Waals surface area (Å²) >= 11 is 0. The molecule has 1 N–H and O–H groups in total. The molecule has 3 nitrogen and oxygen atoms in total. The minimum atomic E-state index is 0.492. The quantitative estimate of drug-likeness (QED) is 0.819. The van der Waals surface area contributed by atoms with E-state index >= 15 is 0 Å². The van der Waals surface area contributed by atoms with Crippen LogP contribution in [0.15, 0.2) is 24.3 Å². The minimum absolute atomic E-state index is 0.492. The van der Waals surface area contributed by atoms with Gasteiger partial charge in [0, 0.05) is 19.1 Å². The van der Waals surface area contributed by atoms with Crippen LogP contribution in [-0.4, -0.2) is 37.1 Å². The molecule has 2 atom stereocenters. The monoisotopic (exact) mass is 299 g/mol. The summed E-state index contributed by atoms with van der Waals surface area (Å²) in [4.78, 5) is 2.30. The molecular formula is C19H29N3. The molecule has 1 aromatic rings. The summed E-state index contributed by atoms with van der Waals surface area (Å²) in [6.07, 6.45) is 2.38. The van der Waals surface area contributed by atoms with Crippen LogP contribution < -0.4 is 5.32 Å². The van der Waals surface area contributed by atoms with Gasteiger partial charge in [0.05, 0.1) is 12.6 Å². The molecule has 1 saturated heterocycles. The van der Waals surface area contributed by atoms with Gasteiger partial charge in [-0.15, -0.1) is 0 Å². The Morgan fingerprint density at radius 1 is 1.36 bits per heavy atom. The highest BCUT2D eigenvalue weighted by Gasteiger charge is 2.27. The van der Waals surface area contributed by atoms with Crippen LogP contribution in [0.5, 0.6) is 0 Å². The number of rotatable bonds is 6. The van der Waals surface area contributed by atoms with Crippen LogP contribution >= 0.6 is 0 Å². The zero-order valence-corrected chi connectivity index (χ0v) is 14.2. The van der Waals surface area contributed by atoms with Crippen LogP contribution in [0.2, 0.25) is 0 Å². The minimum Gasteiger partial charge on any atom is -0.313 e. The number of likely N-dealkylation sites (tertiary alicyclic amines) is 1. The maximum atomic E-state index is 9.04. The van der Waals surface area contributed by atoms with Gasteiger partial charge in [-0.3, -0.25) is 4.90 Å². The third-order valence-corrected chi connectivity index (χ3v) is 4.49. The molecule has 0 saturated carbocycles. The van der Waals surface area contributed by atoms with Gasteiger partial charge in [0.2, 0.25) is 0 Å². The number of piperidine rings is 1. The average Bonchev–Trinajstić information content (AvgIpc) is 2.47. The SMILES string of the molecule is Cc1cccc(C2CC(NCCC(C)C)CN(CC#N)C2)c1. The second-order valence-electron chi connectivity index (χ2n) is 7.03. The second kappa shape index (κ2) is 8.31.